The summed E-state index contributed by atoms with van der Waals surface area (Å²) in [6, 6.07) is 0. The molecule has 1 aliphatic rings. The molecule has 0 bridgehead atoms. The summed E-state index contributed by atoms with van der Waals surface area (Å²) in [4.78, 5) is 11.1. The van der Waals surface area contributed by atoms with Crippen molar-refractivity contribution in [2.45, 2.75) is 0 Å². The standard InChI is InChI=1S/C7H4Br2O2/c1-3-2-4(8)7(11)5(9)6(3)10/h2,10H,1H2. The van der Waals surface area contributed by atoms with Gasteiger partial charge in [0.15, 0.2) is 0 Å². The van der Waals surface area contributed by atoms with Crippen molar-refractivity contribution >= 4 is 37.6 Å². The fourth-order valence-corrected chi connectivity index (χ4v) is 1.85. The van der Waals surface area contributed by atoms with Crippen molar-refractivity contribution in [3.63, 3.8) is 0 Å². The van der Waals surface area contributed by atoms with Gasteiger partial charge in [0.1, 0.15) is 10.2 Å². The van der Waals surface area contributed by atoms with Crippen LogP contribution in [0.4, 0.5) is 0 Å². The first-order valence-corrected chi connectivity index (χ1v) is 4.32. The van der Waals surface area contributed by atoms with Crippen molar-refractivity contribution in [1.29, 1.82) is 0 Å². The topological polar surface area (TPSA) is 37.3 Å². The van der Waals surface area contributed by atoms with Gasteiger partial charge in [-0.15, -0.1) is 0 Å². The molecule has 0 atom stereocenters. The number of halogens is 2. The van der Waals surface area contributed by atoms with Crippen molar-refractivity contribution in [3.8, 4) is 0 Å². The molecule has 1 N–H and O–H groups in total. The molecule has 0 radical (unpaired) electrons. The summed E-state index contributed by atoms with van der Waals surface area (Å²) in [5.41, 5.74) is 0.420. The molecule has 0 saturated heterocycles. The second-order valence-electron chi connectivity index (χ2n) is 2.01. The minimum absolute atomic E-state index is 0.0989. The smallest absolute Gasteiger partial charge is 0.210 e. The van der Waals surface area contributed by atoms with Crippen LogP contribution in [0.25, 0.3) is 0 Å². The lowest BCUT2D eigenvalue weighted by molar-refractivity contribution is -0.111. The molecular formula is C7H4Br2O2. The second kappa shape index (κ2) is 2.95. The molecule has 1 rings (SSSR count). The fourth-order valence-electron chi connectivity index (χ4n) is 0.640. The summed E-state index contributed by atoms with van der Waals surface area (Å²) in [7, 11) is 0. The van der Waals surface area contributed by atoms with Gasteiger partial charge in [-0.1, -0.05) is 6.58 Å². The number of hydrogen-bond donors (Lipinski definition) is 1. The van der Waals surface area contributed by atoms with Crippen LogP contribution >= 0.6 is 31.9 Å². The minimum Gasteiger partial charge on any atom is -0.506 e. The molecule has 0 amide bonds. The first-order valence-electron chi connectivity index (χ1n) is 2.74. The van der Waals surface area contributed by atoms with Crippen LogP contribution in [0.2, 0.25) is 0 Å². The van der Waals surface area contributed by atoms with Gasteiger partial charge in [-0.25, -0.2) is 0 Å². The van der Waals surface area contributed by atoms with E-state index in [1.54, 1.807) is 0 Å². The summed E-state index contributed by atoms with van der Waals surface area (Å²) in [6.45, 7) is 3.53. The molecule has 2 nitrogen and oxygen atoms in total. The van der Waals surface area contributed by atoms with Gasteiger partial charge in [-0.3, -0.25) is 4.79 Å². The Balaban J connectivity index is 3.19. The third-order valence-electron chi connectivity index (χ3n) is 1.23. The van der Waals surface area contributed by atoms with Gasteiger partial charge in [-0.05, 0) is 37.9 Å². The molecule has 0 aromatic rings. The van der Waals surface area contributed by atoms with Crippen molar-refractivity contribution in [1.82, 2.24) is 0 Å². The average molecular weight is 280 g/mol. The van der Waals surface area contributed by atoms with Crippen LogP contribution in [0.15, 0.2) is 33.0 Å². The van der Waals surface area contributed by atoms with Gasteiger partial charge in [0, 0.05) is 5.57 Å². The van der Waals surface area contributed by atoms with E-state index in [1.165, 1.54) is 6.08 Å². The predicted octanol–water partition coefficient (Wildman–Crippen LogP) is 2.57. The van der Waals surface area contributed by atoms with Gasteiger partial charge in [0.2, 0.25) is 5.78 Å². The third kappa shape index (κ3) is 1.46. The highest BCUT2D eigenvalue weighted by Gasteiger charge is 2.21. The molecule has 4 heteroatoms. The quantitative estimate of drug-likeness (QED) is 0.740. The number of aliphatic hydroxyl groups excluding tert-OH is 1. The third-order valence-corrected chi connectivity index (χ3v) is 2.55. The monoisotopic (exact) mass is 278 g/mol. The van der Waals surface area contributed by atoms with E-state index in [0.29, 0.717) is 10.1 Å². The van der Waals surface area contributed by atoms with Gasteiger partial charge in [0.25, 0.3) is 0 Å². The molecule has 0 aliphatic heterocycles. The highest BCUT2D eigenvalue weighted by molar-refractivity contribution is 9.13. The Morgan fingerprint density at radius 2 is 2.00 bits per heavy atom. The van der Waals surface area contributed by atoms with Crippen LogP contribution in [0.1, 0.15) is 0 Å². The maximum Gasteiger partial charge on any atom is 0.210 e. The minimum atomic E-state index is -0.269. The van der Waals surface area contributed by atoms with Crippen molar-refractivity contribution in [3.05, 3.63) is 33.0 Å². The normalized spacial score (nSPS) is 18.9. The maximum absolute atomic E-state index is 11.1. The zero-order chi connectivity index (χ0) is 8.59. The molecule has 0 aromatic carbocycles. The Morgan fingerprint density at radius 1 is 1.45 bits per heavy atom. The summed E-state index contributed by atoms with van der Waals surface area (Å²) < 4.78 is 0.545. The number of rotatable bonds is 0. The molecule has 0 spiro atoms. The SMILES string of the molecule is C=C1C=C(Br)C(=O)C(Br)=C1O. The summed E-state index contributed by atoms with van der Waals surface area (Å²) in [5.74, 6) is -0.367. The first kappa shape index (κ1) is 8.74. The first-order chi connectivity index (χ1) is 5.04. The zero-order valence-electron chi connectivity index (χ0n) is 5.40. The summed E-state index contributed by atoms with van der Waals surface area (Å²) in [5, 5.41) is 9.18. The van der Waals surface area contributed by atoms with Gasteiger partial charge in [-0.2, -0.15) is 0 Å². The van der Waals surface area contributed by atoms with Gasteiger partial charge >= 0.3 is 0 Å². The molecule has 0 heterocycles. The van der Waals surface area contributed by atoms with E-state index in [9.17, 15) is 9.90 Å². The van der Waals surface area contributed by atoms with Crippen LogP contribution in [0.5, 0.6) is 0 Å². The lowest BCUT2D eigenvalue weighted by Crippen LogP contribution is -2.06. The van der Waals surface area contributed by atoms with Crippen LogP contribution < -0.4 is 0 Å². The Kier molecular flexibility index (Phi) is 2.34. The Hall–Kier alpha value is -0.350. The maximum atomic E-state index is 11.1. The number of carbonyl (C=O) groups is 1. The molecule has 0 saturated carbocycles. The molecule has 58 valence electrons. The number of carbonyl (C=O) groups excluding carboxylic acids is 1. The molecular weight excluding hydrogens is 276 g/mol. The zero-order valence-corrected chi connectivity index (χ0v) is 8.57. The predicted molar refractivity (Wildman–Crippen MR) is 49.7 cm³/mol. The van der Waals surface area contributed by atoms with E-state index >= 15 is 0 Å². The van der Waals surface area contributed by atoms with Gasteiger partial charge in [0.05, 0.1) is 4.48 Å². The fraction of sp³-hybridized carbons (Fsp3) is 0. The van der Waals surface area contributed by atoms with Gasteiger partial charge < -0.3 is 5.11 Å². The summed E-state index contributed by atoms with van der Waals surface area (Å²) >= 11 is 5.99. The number of ketones is 1. The van der Waals surface area contributed by atoms with Crippen LogP contribution in [-0.4, -0.2) is 10.9 Å². The Bertz CT molecular complexity index is 300. The van der Waals surface area contributed by atoms with Crippen LogP contribution in [0.3, 0.4) is 0 Å². The lowest BCUT2D eigenvalue weighted by Gasteiger charge is -2.09. The van der Waals surface area contributed by atoms with E-state index < -0.39 is 0 Å². The van der Waals surface area contributed by atoms with E-state index in [-0.39, 0.29) is 16.0 Å². The number of aliphatic hydroxyl groups is 1. The highest BCUT2D eigenvalue weighted by atomic mass is 79.9. The van der Waals surface area contributed by atoms with E-state index in [2.05, 4.69) is 38.4 Å². The van der Waals surface area contributed by atoms with Crippen molar-refractivity contribution < 1.29 is 9.90 Å². The average Bonchev–Trinajstić information content (AvgIpc) is 1.97. The lowest BCUT2D eigenvalue weighted by atomic mass is 10.1. The van der Waals surface area contributed by atoms with Crippen molar-refractivity contribution in [2.75, 3.05) is 0 Å². The van der Waals surface area contributed by atoms with E-state index in [1.807, 2.05) is 0 Å². The molecule has 0 aromatic heterocycles. The Morgan fingerprint density at radius 3 is 2.55 bits per heavy atom. The number of hydrogen-bond acceptors (Lipinski definition) is 2. The van der Waals surface area contributed by atoms with E-state index in [0.717, 1.165) is 0 Å². The largest absolute Gasteiger partial charge is 0.506 e. The number of allylic oxidation sites excluding steroid dienone is 3. The number of Topliss-reactive ketones (excluding diaryl/α,β-unsaturated/α-hetero) is 1. The second-order valence-corrected chi connectivity index (χ2v) is 3.66. The summed E-state index contributed by atoms with van der Waals surface area (Å²) in [6.07, 6.45) is 1.47. The highest BCUT2D eigenvalue weighted by Crippen LogP contribution is 2.29. The van der Waals surface area contributed by atoms with Crippen LogP contribution in [-0.2, 0) is 4.79 Å². The molecule has 0 unspecified atom stereocenters. The molecule has 0 fully saturated rings. The van der Waals surface area contributed by atoms with Crippen molar-refractivity contribution in [2.24, 2.45) is 0 Å². The molecule has 1 aliphatic carbocycles. The van der Waals surface area contributed by atoms with Crippen LogP contribution in [0, 0.1) is 0 Å². The van der Waals surface area contributed by atoms with E-state index in [4.69, 9.17) is 0 Å². The molecule has 11 heavy (non-hydrogen) atoms. The Labute approximate surface area is 80.5 Å².